The second-order valence-corrected chi connectivity index (χ2v) is 15.8. The van der Waals surface area contributed by atoms with Gasteiger partial charge < -0.3 is 56.6 Å². The molecule has 0 aliphatic carbocycles. The molecule has 5 heterocycles. The highest BCUT2D eigenvalue weighted by Gasteiger charge is 2.31. The van der Waals surface area contributed by atoms with Crippen molar-refractivity contribution in [3.8, 4) is 0 Å². The first-order chi connectivity index (χ1) is 31.5. The van der Waals surface area contributed by atoms with Crippen LogP contribution in [0.5, 0.6) is 0 Å². The number of carbonyl (C=O) groups excluding carboxylic acids is 6. The fourth-order valence-corrected chi connectivity index (χ4v) is 7.85. The highest BCUT2D eigenvalue weighted by atomic mass is 19.1. The van der Waals surface area contributed by atoms with Gasteiger partial charge >= 0.3 is 0 Å². The standard InChI is InChI=1S/C27H34FN5O4.C11H11FN2O3.C8H7FN2O/c1-5-32(6-2)10-11-33-9-7-8-20-25(27(33)36)16(3)21(29-20)13-18-17-12-19(28)23(30-24(34)15-37-4)14-22(17)31-26(18)35;1-17-5-11(16)14-9-4-8-6(2-7(9)12)3-10(15)13-8;9-5-1-4-2-8(12)11-7(4)3-6(5)10/h12-14,29H,5-11,15H2,1-4H3,(H,30,34)(H,31,35);2,4H,3,5H2,1H3,(H,13,15)(H,14,16);1,3H,2,10H2,(H,11,12)/b18-13-;;. The predicted octanol–water partition coefficient (Wildman–Crippen LogP) is 5.08. The summed E-state index contributed by atoms with van der Waals surface area (Å²) in [7, 11) is 2.74. The van der Waals surface area contributed by atoms with Crippen molar-refractivity contribution in [1.29, 1.82) is 0 Å². The van der Waals surface area contributed by atoms with Gasteiger partial charge in [-0.3, -0.25) is 28.8 Å². The van der Waals surface area contributed by atoms with Crippen LogP contribution in [-0.4, -0.2) is 110 Å². The number of anilines is 6. The van der Waals surface area contributed by atoms with Crippen molar-refractivity contribution in [2.24, 2.45) is 0 Å². The van der Waals surface area contributed by atoms with E-state index in [9.17, 15) is 41.9 Å². The van der Waals surface area contributed by atoms with Gasteiger partial charge in [-0.25, -0.2) is 13.2 Å². The van der Waals surface area contributed by atoms with Crippen LogP contribution < -0.4 is 32.3 Å². The number of benzene rings is 3. The summed E-state index contributed by atoms with van der Waals surface area (Å²) in [4.78, 5) is 78.8. The quantitative estimate of drug-likeness (QED) is 0.0737. The Bertz CT molecular complexity index is 2580. The van der Waals surface area contributed by atoms with Crippen LogP contribution in [0.15, 0.2) is 36.4 Å². The molecule has 0 unspecified atom stereocenters. The lowest BCUT2D eigenvalue weighted by molar-refractivity contribution is -0.120. The van der Waals surface area contributed by atoms with Crippen LogP contribution in [0.25, 0.3) is 11.6 Å². The Morgan fingerprint density at radius 2 is 1.36 bits per heavy atom. The van der Waals surface area contributed by atoms with Gasteiger partial charge in [0, 0.05) is 62.2 Å². The molecule has 4 aromatic rings. The molecule has 20 heteroatoms. The van der Waals surface area contributed by atoms with Crippen molar-refractivity contribution in [3.63, 3.8) is 0 Å². The number of carbonyl (C=O) groups is 6. The van der Waals surface area contributed by atoms with E-state index in [4.69, 9.17) is 10.5 Å². The maximum absolute atomic E-state index is 14.8. The highest BCUT2D eigenvalue weighted by Crippen LogP contribution is 2.38. The smallest absolute Gasteiger partial charge is 0.256 e. The molecule has 8 rings (SSSR count). The minimum absolute atomic E-state index is 0.00295. The number of nitrogens with two attached hydrogens (primary N) is 1. The van der Waals surface area contributed by atoms with Crippen LogP contribution in [0, 0.1) is 24.4 Å². The first-order valence-electron chi connectivity index (χ1n) is 21.2. The molecule has 350 valence electrons. The number of nitrogens with one attached hydrogen (secondary N) is 6. The Morgan fingerprint density at radius 1 is 0.803 bits per heavy atom. The van der Waals surface area contributed by atoms with Gasteiger partial charge in [0.2, 0.25) is 23.6 Å². The van der Waals surface area contributed by atoms with Crippen molar-refractivity contribution in [2.45, 2.75) is 46.5 Å². The number of rotatable bonds is 12. The lowest BCUT2D eigenvalue weighted by atomic mass is 10.0. The van der Waals surface area contributed by atoms with Crippen molar-refractivity contribution < 1.29 is 51.4 Å². The van der Waals surface area contributed by atoms with E-state index in [1.165, 1.54) is 50.6 Å². The van der Waals surface area contributed by atoms with E-state index < -0.39 is 29.3 Å². The summed E-state index contributed by atoms with van der Waals surface area (Å²) >= 11 is 0. The van der Waals surface area contributed by atoms with E-state index in [1.807, 2.05) is 11.8 Å². The summed E-state index contributed by atoms with van der Waals surface area (Å²) in [6.07, 6.45) is 3.65. The number of methoxy groups -OCH3 is 2. The maximum Gasteiger partial charge on any atom is 0.256 e. The highest BCUT2D eigenvalue weighted by molar-refractivity contribution is 6.35. The summed E-state index contributed by atoms with van der Waals surface area (Å²) < 4.78 is 50.6. The average Bonchev–Trinajstić information content (AvgIpc) is 3.96. The zero-order chi connectivity index (χ0) is 47.8. The molecule has 4 aliphatic heterocycles. The fourth-order valence-electron chi connectivity index (χ4n) is 7.85. The molecule has 0 saturated carbocycles. The molecular weight excluding hydrogens is 864 g/mol. The molecule has 0 saturated heterocycles. The lowest BCUT2D eigenvalue weighted by Gasteiger charge is -2.25. The van der Waals surface area contributed by atoms with E-state index >= 15 is 0 Å². The van der Waals surface area contributed by atoms with Crippen LogP contribution in [0.3, 0.4) is 0 Å². The first kappa shape index (κ1) is 48.4. The average molecular weight is 916 g/mol. The molecule has 17 nitrogen and oxygen atoms in total. The van der Waals surface area contributed by atoms with Gasteiger partial charge in [0.25, 0.3) is 11.8 Å². The number of hydrogen-bond donors (Lipinski definition) is 7. The third-order valence-corrected chi connectivity index (χ3v) is 11.2. The van der Waals surface area contributed by atoms with Crippen molar-refractivity contribution in [3.05, 3.63) is 93.1 Å². The van der Waals surface area contributed by atoms with E-state index in [0.29, 0.717) is 58.1 Å². The molecule has 0 radical (unpaired) electrons. The van der Waals surface area contributed by atoms with Crippen LogP contribution >= 0.6 is 0 Å². The minimum atomic E-state index is -0.663. The van der Waals surface area contributed by atoms with Gasteiger partial charge in [-0.1, -0.05) is 13.8 Å². The number of aromatic amines is 1. The number of nitrogen functional groups attached to an aromatic ring is 1. The van der Waals surface area contributed by atoms with Gasteiger partial charge in [-0.15, -0.1) is 0 Å². The Balaban J connectivity index is 0.000000202. The molecule has 0 spiro atoms. The van der Waals surface area contributed by atoms with Gasteiger partial charge in [0.1, 0.15) is 30.7 Å². The van der Waals surface area contributed by atoms with Crippen LogP contribution in [0.4, 0.5) is 47.3 Å². The second kappa shape index (κ2) is 21.3. The topological polar surface area (TPSA) is 229 Å². The van der Waals surface area contributed by atoms with E-state index in [0.717, 1.165) is 43.7 Å². The predicted molar refractivity (Wildman–Crippen MR) is 243 cm³/mol. The summed E-state index contributed by atoms with van der Waals surface area (Å²) in [5.74, 6) is -3.33. The molecule has 0 bridgehead atoms. The number of nitrogens with zero attached hydrogens (tertiary/aromatic N) is 2. The lowest BCUT2D eigenvalue weighted by Crippen LogP contribution is -2.38. The Kier molecular flexibility index (Phi) is 15.6. The molecule has 0 fully saturated rings. The number of H-pyrrole nitrogens is 1. The molecule has 66 heavy (non-hydrogen) atoms. The third kappa shape index (κ3) is 11.2. The molecule has 0 atom stereocenters. The van der Waals surface area contributed by atoms with Gasteiger partial charge in [-0.2, -0.15) is 0 Å². The Hall–Kier alpha value is -7.03. The van der Waals surface area contributed by atoms with E-state index in [2.05, 4.69) is 55.1 Å². The summed E-state index contributed by atoms with van der Waals surface area (Å²) in [5.41, 5.74) is 11.8. The third-order valence-electron chi connectivity index (χ3n) is 11.2. The molecule has 8 N–H and O–H groups in total. The number of hydrogen-bond acceptors (Lipinski definition) is 10. The fraction of sp³-hybridized carbons (Fsp3) is 0.348. The molecule has 6 amide bonds. The molecule has 1 aromatic heterocycles. The van der Waals surface area contributed by atoms with Crippen LogP contribution in [0.2, 0.25) is 0 Å². The van der Waals surface area contributed by atoms with Crippen LogP contribution in [-0.2, 0) is 52.7 Å². The monoisotopic (exact) mass is 915 g/mol. The summed E-state index contributed by atoms with van der Waals surface area (Å²) in [6.45, 7) is 9.81. The normalized spacial score (nSPS) is 15.0. The number of amides is 6. The number of likely N-dealkylation sites (N-methyl/N-ethyl adjacent to an activating group) is 1. The van der Waals surface area contributed by atoms with E-state index in [1.54, 1.807) is 6.08 Å². The molecular formula is C46H52F3N9O8. The van der Waals surface area contributed by atoms with Crippen molar-refractivity contribution in [1.82, 2.24) is 14.8 Å². The zero-order valence-electron chi connectivity index (χ0n) is 37.2. The van der Waals surface area contributed by atoms with Gasteiger partial charge in [-0.05, 0) is 92.0 Å². The van der Waals surface area contributed by atoms with Gasteiger partial charge in [0.15, 0.2) is 0 Å². The van der Waals surface area contributed by atoms with E-state index in [-0.39, 0.29) is 72.3 Å². The second-order valence-electron chi connectivity index (χ2n) is 15.8. The Labute approximate surface area is 378 Å². The van der Waals surface area contributed by atoms with Crippen molar-refractivity contribution in [2.75, 3.05) is 92.5 Å². The first-order valence-corrected chi connectivity index (χ1v) is 21.2. The summed E-state index contributed by atoms with van der Waals surface area (Å²) in [5, 5.41) is 12.7. The maximum atomic E-state index is 14.8. The Morgan fingerprint density at radius 3 is 1.95 bits per heavy atom. The van der Waals surface area contributed by atoms with Crippen LogP contribution in [0.1, 0.15) is 64.3 Å². The number of aryl methyl sites for hydroxylation is 1. The molecule has 3 aromatic carbocycles. The largest absolute Gasteiger partial charge is 0.396 e. The summed E-state index contributed by atoms with van der Waals surface area (Å²) in [6, 6.07) is 8.01. The zero-order valence-corrected chi connectivity index (χ0v) is 37.2. The van der Waals surface area contributed by atoms with Crippen molar-refractivity contribution >= 4 is 81.2 Å². The van der Waals surface area contributed by atoms with Gasteiger partial charge in [0.05, 0.1) is 46.7 Å². The number of fused-ring (bicyclic) bond motifs is 4. The number of halogens is 3. The number of ether oxygens (including phenoxy) is 2. The minimum Gasteiger partial charge on any atom is -0.396 e. The number of aromatic nitrogens is 1. The molecule has 4 aliphatic rings. The SMILES string of the molecule is CCN(CC)CCN1CCCc2[nH]c(/C=C3\C(=O)Nc4cc(NC(=O)COC)c(F)cc43)c(C)c2C1=O.COCC(=O)Nc1cc2c(cc1F)CC(=O)N2.Nc1cc2c(cc1F)CC(=O)N2.